The minimum Gasteiger partial charge on any atom is -0.465 e. The first-order valence-electron chi connectivity index (χ1n) is 10.2. The summed E-state index contributed by atoms with van der Waals surface area (Å²) in [5.41, 5.74) is 2.27. The maximum Gasteiger partial charge on any atom is 0.404 e. The Balaban J connectivity index is 1.39. The molecule has 0 saturated carbocycles. The van der Waals surface area contributed by atoms with Gasteiger partial charge < -0.3 is 26.0 Å². The molecular weight excluding hydrogens is 406 g/mol. The molecule has 1 aliphatic rings. The lowest BCUT2D eigenvalue weighted by Gasteiger charge is -2.33. The van der Waals surface area contributed by atoms with E-state index < -0.39 is 17.7 Å². The normalized spacial score (nSPS) is 14.2. The Morgan fingerprint density at radius 1 is 1.03 bits per heavy atom. The van der Waals surface area contributed by atoms with Crippen molar-refractivity contribution in [2.24, 2.45) is 0 Å². The fraction of sp³-hybridized carbons (Fsp3) is 0.364. The van der Waals surface area contributed by atoms with Gasteiger partial charge in [-0.05, 0) is 43.0 Å². The highest BCUT2D eigenvalue weighted by molar-refractivity contribution is 5.74. The van der Waals surface area contributed by atoms with Crippen LogP contribution in [0.3, 0.4) is 0 Å². The van der Waals surface area contributed by atoms with E-state index in [4.69, 9.17) is 5.11 Å². The van der Waals surface area contributed by atoms with Gasteiger partial charge in [0.05, 0.1) is 0 Å². The highest BCUT2D eigenvalue weighted by Crippen LogP contribution is 2.18. The number of benzene rings is 2. The van der Waals surface area contributed by atoms with E-state index in [-0.39, 0.29) is 24.2 Å². The van der Waals surface area contributed by atoms with Crippen molar-refractivity contribution in [3.63, 3.8) is 0 Å². The number of piperidine rings is 1. The zero-order valence-electron chi connectivity index (χ0n) is 17.0. The molecular formula is C22H26F2N4O3. The average molecular weight is 432 g/mol. The molecule has 0 aliphatic carbocycles. The molecule has 2 aromatic carbocycles. The summed E-state index contributed by atoms with van der Waals surface area (Å²) >= 11 is 0. The molecule has 4 N–H and O–H groups in total. The summed E-state index contributed by atoms with van der Waals surface area (Å²) in [6, 6.07) is 11.1. The number of halogens is 2. The van der Waals surface area contributed by atoms with Crippen LogP contribution in [0.1, 0.15) is 24.0 Å². The van der Waals surface area contributed by atoms with E-state index in [0.29, 0.717) is 26.1 Å². The second-order valence-corrected chi connectivity index (χ2v) is 7.48. The van der Waals surface area contributed by atoms with Crippen LogP contribution in [0.5, 0.6) is 0 Å². The van der Waals surface area contributed by atoms with Gasteiger partial charge in [0.2, 0.25) is 0 Å². The summed E-state index contributed by atoms with van der Waals surface area (Å²) in [5.74, 6) is -1.32. The smallest absolute Gasteiger partial charge is 0.404 e. The van der Waals surface area contributed by atoms with Crippen molar-refractivity contribution in [3.05, 3.63) is 65.2 Å². The third-order valence-corrected chi connectivity index (χ3v) is 5.24. The van der Waals surface area contributed by atoms with Crippen LogP contribution in [0.2, 0.25) is 0 Å². The number of carboxylic acid groups (broad SMARTS) is 1. The van der Waals surface area contributed by atoms with E-state index in [1.54, 1.807) is 4.90 Å². The van der Waals surface area contributed by atoms with E-state index in [1.807, 2.05) is 24.3 Å². The Hall–Kier alpha value is -3.36. The molecule has 0 bridgehead atoms. The van der Waals surface area contributed by atoms with Crippen LogP contribution in [0.25, 0.3) is 0 Å². The number of likely N-dealkylation sites (tertiary alicyclic amines) is 1. The van der Waals surface area contributed by atoms with Crippen molar-refractivity contribution in [2.75, 3.05) is 25.0 Å². The number of hydrogen-bond acceptors (Lipinski definition) is 3. The van der Waals surface area contributed by atoms with Crippen LogP contribution in [0.4, 0.5) is 24.1 Å². The second-order valence-electron chi connectivity index (χ2n) is 7.48. The quantitative estimate of drug-likeness (QED) is 0.538. The summed E-state index contributed by atoms with van der Waals surface area (Å²) < 4.78 is 26.6. The molecule has 0 radical (unpaired) electrons. The number of nitrogens with one attached hydrogen (secondary N) is 3. The number of urea groups is 1. The van der Waals surface area contributed by atoms with Crippen LogP contribution in [0, 0.1) is 11.6 Å². The summed E-state index contributed by atoms with van der Waals surface area (Å²) in [6.07, 6.45) is 1.16. The van der Waals surface area contributed by atoms with Gasteiger partial charge >= 0.3 is 12.1 Å². The van der Waals surface area contributed by atoms with Gasteiger partial charge in [0.25, 0.3) is 0 Å². The van der Waals surface area contributed by atoms with Crippen LogP contribution >= 0.6 is 0 Å². The van der Waals surface area contributed by atoms with Crippen molar-refractivity contribution in [2.45, 2.75) is 31.8 Å². The molecule has 2 aromatic rings. The van der Waals surface area contributed by atoms with E-state index in [1.165, 1.54) is 12.1 Å². The molecule has 3 rings (SSSR count). The molecule has 31 heavy (non-hydrogen) atoms. The molecule has 0 aromatic heterocycles. The number of carbonyl (C=O) groups excluding carboxylic acids is 1. The minimum atomic E-state index is -1.03. The van der Waals surface area contributed by atoms with Gasteiger partial charge in [-0.2, -0.15) is 0 Å². The standard InChI is InChI=1S/C22H26F2N4O3/c23-17-4-3-16(20(24)13-17)14-26-21(29)28-11-8-19(9-12-28)27-18-5-1-15(2-6-18)7-10-25-22(30)31/h1-6,13,19,25,27H,7-12,14H2,(H,26,29)(H,30,31). The molecule has 1 saturated heterocycles. The van der Waals surface area contributed by atoms with E-state index in [9.17, 15) is 18.4 Å². The molecule has 1 aliphatic heterocycles. The SMILES string of the molecule is O=C(O)NCCc1ccc(NC2CCN(C(=O)NCc3ccc(F)cc3F)CC2)cc1. The number of amides is 3. The third kappa shape index (κ3) is 6.84. The summed E-state index contributed by atoms with van der Waals surface area (Å²) in [7, 11) is 0. The van der Waals surface area contributed by atoms with Crippen molar-refractivity contribution in [1.82, 2.24) is 15.5 Å². The Kier molecular flexibility index (Phi) is 7.64. The van der Waals surface area contributed by atoms with Gasteiger partial charge in [0.1, 0.15) is 11.6 Å². The largest absolute Gasteiger partial charge is 0.465 e. The molecule has 7 nitrogen and oxygen atoms in total. The van der Waals surface area contributed by atoms with E-state index in [0.717, 1.165) is 30.2 Å². The highest BCUT2D eigenvalue weighted by Gasteiger charge is 2.22. The molecule has 0 unspecified atom stereocenters. The van der Waals surface area contributed by atoms with Crippen molar-refractivity contribution in [1.29, 1.82) is 0 Å². The lowest BCUT2D eigenvalue weighted by atomic mass is 10.0. The van der Waals surface area contributed by atoms with Gasteiger partial charge in [-0.25, -0.2) is 18.4 Å². The first-order valence-corrected chi connectivity index (χ1v) is 10.2. The van der Waals surface area contributed by atoms with Crippen molar-refractivity contribution < 1.29 is 23.5 Å². The fourth-order valence-electron chi connectivity index (χ4n) is 3.49. The molecule has 166 valence electrons. The van der Waals surface area contributed by atoms with Crippen LogP contribution in [-0.2, 0) is 13.0 Å². The lowest BCUT2D eigenvalue weighted by Crippen LogP contribution is -2.46. The third-order valence-electron chi connectivity index (χ3n) is 5.24. The topological polar surface area (TPSA) is 93.7 Å². The molecule has 1 fully saturated rings. The Morgan fingerprint density at radius 2 is 1.74 bits per heavy atom. The number of carbonyl (C=O) groups is 2. The number of hydrogen-bond donors (Lipinski definition) is 4. The number of rotatable bonds is 7. The molecule has 0 atom stereocenters. The summed E-state index contributed by atoms with van der Waals surface area (Å²) in [4.78, 5) is 24.5. The van der Waals surface area contributed by atoms with E-state index in [2.05, 4.69) is 16.0 Å². The lowest BCUT2D eigenvalue weighted by molar-refractivity contribution is 0.183. The molecule has 3 amide bonds. The monoisotopic (exact) mass is 432 g/mol. The van der Waals surface area contributed by atoms with Gasteiger partial charge in [0, 0.05) is 49.5 Å². The second kappa shape index (κ2) is 10.6. The molecule has 0 spiro atoms. The van der Waals surface area contributed by atoms with E-state index >= 15 is 0 Å². The van der Waals surface area contributed by atoms with Gasteiger partial charge in [-0.15, -0.1) is 0 Å². The molecule has 1 heterocycles. The highest BCUT2D eigenvalue weighted by atomic mass is 19.1. The van der Waals surface area contributed by atoms with Gasteiger partial charge in [-0.1, -0.05) is 18.2 Å². The van der Waals surface area contributed by atoms with Crippen LogP contribution < -0.4 is 16.0 Å². The van der Waals surface area contributed by atoms with Crippen molar-refractivity contribution in [3.8, 4) is 0 Å². The Morgan fingerprint density at radius 3 is 2.39 bits per heavy atom. The Bertz CT molecular complexity index is 900. The van der Waals surface area contributed by atoms with Gasteiger partial charge in [0.15, 0.2) is 0 Å². The number of nitrogens with zero attached hydrogens (tertiary/aromatic N) is 1. The zero-order chi connectivity index (χ0) is 22.2. The maximum absolute atomic E-state index is 13.7. The zero-order valence-corrected chi connectivity index (χ0v) is 17.0. The van der Waals surface area contributed by atoms with Crippen LogP contribution in [0.15, 0.2) is 42.5 Å². The maximum atomic E-state index is 13.7. The van der Waals surface area contributed by atoms with Crippen molar-refractivity contribution >= 4 is 17.8 Å². The first-order chi connectivity index (χ1) is 14.9. The first kappa shape index (κ1) is 22.3. The average Bonchev–Trinajstić information content (AvgIpc) is 2.74. The Labute approximate surface area is 179 Å². The summed E-state index contributed by atoms with van der Waals surface area (Å²) in [6.45, 7) is 1.54. The van der Waals surface area contributed by atoms with Crippen LogP contribution in [-0.4, -0.2) is 47.8 Å². The minimum absolute atomic E-state index is 0.0114. The van der Waals surface area contributed by atoms with Gasteiger partial charge in [-0.3, -0.25) is 0 Å². The molecule has 9 heteroatoms. The summed E-state index contributed by atoms with van der Waals surface area (Å²) in [5, 5.41) is 17.1. The number of anilines is 1. The fourth-order valence-corrected chi connectivity index (χ4v) is 3.49. The predicted octanol–water partition coefficient (Wildman–Crippen LogP) is 3.56. The predicted molar refractivity (Wildman–Crippen MR) is 113 cm³/mol.